The van der Waals surface area contributed by atoms with E-state index in [1.54, 1.807) is 6.92 Å². The topological polar surface area (TPSA) is 39.4 Å². The van der Waals surface area contributed by atoms with E-state index in [-0.39, 0.29) is 27.9 Å². The summed E-state index contributed by atoms with van der Waals surface area (Å²) in [6, 6.07) is 5.99. The van der Waals surface area contributed by atoms with Crippen LogP contribution in [0.15, 0.2) is 28.7 Å². The fourth-order valence-corrected chi connectivity index (χ4v) is 1.76. The average molecular weight is 269 g/mol. The Morgan fingerprint density at radius 1 is 1.39 bits per heavy atom. The molecule has 1 aromatic heterocycles. The first-order chi connectivity index (χ1) is 8.67. The summed E-state index contributed by atoms with van der Waals surface area (Å²) >= 11 is 5.85. The highest BCUT2D eigenvalue weighted by Gasteiger charge is 2.17. The predicted octanol–water partition coefficient (Wildman–Crippen LogP) is 3.95. The molecule has 0 saturated carbocycles. The number of rotatable bonds is 4. The van der Waals surface area contributed by atoms with Gasteiger partial charge in [-0.25, -0.2) is 4.39 Å². The molecule has 0 saturated heterocycles. The third-order valence-electron chi connectivity index (χ3n) is 2.35. The SMILES string of the molecule is CCOc1c(Cl)ccc(-c2ccc(C=O)o2)c1F. The van der Waals surface area contributed by atoms with Crippen LogP contribution in [0.25, 0.3) is 11.3 Å². The maximum Gasteiger partial charge on any atom is 0.185 e. The molecule has 0 bridgehead atoms. The molecule has 0 fully saturated rings. The van der Waals surface area contributed by atoms with Gasteiger partial charge in [-0.05, 0) is 31.2 Å². The molecule has 3 nitrogen and oxygen atoms in total. The van der Waals surface area contributed by atoms with Crippen LogP contribution in [0.3, 0.4) is 0 Å². The fraction of sp³-hybridized carbons (Fsp3) is 0.154. The predicted molar refractivity (Wildman–Crippen MR) is 65.7 cm³/mol. The van der Waals surface area contributed by atoms with Crippen molar-refractivity contribution in [3.05, 3.63) is 40.9 Å². The van der Waals surface area contributed by atoms with Gasteiger partial charge >= 0.3 is 0 Å². The fourth-order valence-electron chi connectivity index (χ4n) is 1.56. The minimum Gasteiger partial charge on any atom is -0.489 e. The minimum atomic E-state index is -0.601. The number of aldehydes is 1. The summed E-state index contributed by atoms with van der Waals surface area (Å²) < 4.78 is 24.5. The zero-order chi connectivity index (χ0) is 13.1. The highest BCUT2D eigenvalue weighted by Crippen LogP contribution is 2.35. The molecule has 2 aromatic rings. The zero-order valence-electron chi connectivity index (χ0n) is 9.57. The lowest BCUT2D eigenvalue weighted by molar-refractivity contribution is 0.110. The molecule has 18 heavy (non-hydrogen) atoms. The summed E-state index contributed by atoms with van der Waals surface area (Å²) in [5, 5.41) is 0.195. The van der Waals surface area contributed by atoms with Crippen molar-refractivity contribution in [3.63, 3.8) is 0 Å². The molecule has 2 rings (SSSR count). The lowest BCUT2D eigenvalue weighted by Gasteiger charge is -2.09. The van der Waals surface area contributed by atoms with Crippen molar-refractivity contribution in [2.75, 3.05) is 6.61 Å². The number of halogens is 2. The van der Waals surface area contributed by atoms with Crippen LogP contribution in [0, 0.1) is 5.82 Å². The van der Waals surface area contributed by atoms with Crippen molar-refractivity contribution < 1.29 is 18.3 Å². The molecule has 0 radical (unpaired) electrons. The van der Waals surface area contributed by atoms with E-state index in [0.29, 0.717) is 12.9 Å². The first kappa shape index (κ1) is 12.6. The molecule has 0 atom stereocenters. The van der Waals surface area contributed by atoms with E-state index in [1.807, 2.05) is 0 Å². The van der Waals surface area contributed by atoms with E-state index in [2.05, 4.69) is 0 Å². The molecule has 0 aliphatic rings. The Balaban J connectivity index is 2.51. The summed E-state index contributed by atoms with van der Waals surface area (Å²) in [6.07, 6.45) is 0.556. The molecule has 1 heterocycles. The van der Waals surface area contributed by atoms with E-state index in [4.69, 9.17) is 20.8 Å². The van der Waals surface area contributed by atoms with Crippen LogP contribution >= 0.6 is 11.6 Å². The third-order valence-corrected chi connectivity index (χ3v) is 2.64. The monoisotopic (exact) mass is 268 g/mol. The summed E-state index contributed by atoms with van der Waals surface area (Å²) in [6.45, 7) is 2.04. The van der Waals surface area contributed by atoms with Crippen LogP contribution < -0.4 is 4.74 Å². The highest BCUT2D eigenvalue weighted by molar-refractivity contribution is 6.32. The molecule has 0 N–H and O–H groups in total. The normalized spacial score (nSPS) is 10.4. The number of hydrogen-bond donors (Lipinski definition) is 0. The number of benzene rings is 1. The Labute approximate surface area is 108 Å². The van der Waals surface area contributed by atoms with Gasteiger partial charge in [0, 0.05) is 0 Å². The highest BCUT2D eigenvalue weighted by atomic mass is 35.5. The van der Waals surface area contributed by atoms with Crippen LogP contribution in [-0.4, -0.2) is 12.9 Å². The molecule has 94 valence electrons. The second-order valence-electron chi connectivity index (χ2n) is 3.49. The van der Waals surface area contributed by atoms with Gasteiger partial charge in [-0.2, -0.15) is 0 Å². The second-order valence-corrected chi connectivity index (χ2v) is 3.90. The standard InChI is InChI=1S/C13H10ClFO3/c1-2-17-13-10(14)5-4-9(12(13)15)11-6-3-8(7-16)18-11/h3-7H,2H2,1H3. The maximum atomic E-state index is 14.2. The molecule has 0 unspecified atom stereocenters. The Hall–Kier alpha value is -1.81. The van der Waals surface area contributed by atoms with E-state index >= 15 is 0 Å². The van der Waals surface area contributed by atoms with Crippen LogP contribution in [0.4, 0.5) is 4.39 Å². The number of hydrogen-bond acceptors (Lipinski definition) is 3. The van der Waals surface area contributed by atoms with E-state index in [9.17, 15) is 9.18 Å². The summed E-state index contributed by atoms with van der Waals surface area (Å²) in [7, 11) is 0. The molecular formula is C13H10ClFO3. The van der Waals surface area contributed by atoms with Crippen molar-refractivity contribution in [1.29, 1.82) is 0 Å². The van der Waals surface area contributed by atoms with Gasteiger partial charge in [0.05, 0.1) is 17.2 Å². The molecule has 1 aromatic carbocycles. The van der Waals surface area contributed by atoms with Crippen molar-refractivity contribution in [1.82, 2.24) is 0 Å². The average Bonchev–Trinajstić information content (AvgIpc) is 2.83. The van der Waals surface area contributed by atoms with Gasteiger partial charge < -0.3 is 9.15 Å². The van der Waals surface area contributed by atoms with Crippen molar-refractivity contribution in [2.24, 2.45) is 0 Å². The minimum absolute atomic E-state index is 0.0132. The van der Waals surface area contributed by atoms with Gasteiger partial charge in [0.25, 0.3) is 0 Å². The Morgan fingerprint density at radius 2 is 2.17 bits per heavy atom. The van der Waals surface area contributed by atoms with Gasteiger partial charge in [-0.1, -0.05) is 11.6 Å². The van der Waals surface area contributed by atoms with Crippen LogP contribution in [0.5, 0.6) is 5.75 Å². The van der Waals surface area contributed by atoms with Crippen molar-refractivity contribution >= 4 is 17.9 Å². The molecule has 0 aliphatic carbocycles. The van der Waals surface area contributed by atoms with Crippen LogP contribution in [-0.2, 0) is 0 Å². The number of carbonyl (C=O) groups is 1. The Kier molecular flexibility index (Phi) is 3.67. The first-order valence-corrected chi connectivity index (χ1v) is 5.71. The largest absolute Gasteiger partial charge is 0.489 e. The molecular weight excluding hydrogens is 259 g/mol. The van der Waals surface area contributed by atoms with Gasteiger partial charge in [0.15, 0.2) is 23.6 Å². The number of carbonyl (C=O) groups excluding carboxylic acids is 1. The third kappa shape index (κ3) is 2.24. The smallest absolute Gasteiger partial charge is 0.185 e. The molecule has 0 amide bonds. The van der Waals surface area contributed by atoms with E-state index < -0.39 is 5.82 Å². The maximum absolute atomic E-state index is 14.2. The number of furan rings is 1. The van der Waals surface area contributed by atoms with Crippen molar-refractivity contribution in [2.45, 2.75) is 6.92 Å². The van der Waals surface area contributed by atoms with Gasteiger partial charge in [-0.15, -0.1) is 0 Å². The summed E-state index contributed by atoms with van der Waals surface area (Å²) in [4.78, 5) is 10.5. The van der Waals surface area contributed by atoms with Gasteiger partial charge in [0.1, 0.15) is 5.76 Å². The zero-order valence-corrected chi connectivity index (χ0v) is 10.3. The van der Waals surface area contributed by atoms with E-state index in [0.717, 1.165) is 0 Å². The molecule has 0 aliphatic heterocycles. The second kappa shape index (κ2) is 5.23. The van der Waals surface area contributed by atoms with Gasteiger partial charge in [-0.3, -0.25) is 4.79 Å². The summed E-state index contributed by atoms with van der Waals surface area (Å²) in [5.41, 5.74) is 0.205. The molecule has 0 spiro atoms. The Bertz CT molecular complexity index is 578. The van der Waals surface area contributed by atoms with Crippen LogP contribution in [0.2, 0.25) is 5.02 Å². The molecule has 5 heteroatoms. The quantitative estimate of drug-likeness (QED) is 0.788. The van der Waals surface area contributed by atoms with Crippen LogP contribution in [0.1, 0.15) is 17.5 Å². The first-order valence-electron chi connectivity index (χ1n) is 5.33. The lowest BCUT2D eigenvalue weighted by Crippen LogP contribution is -1.97. The Morgan fingerprint density at radius 3 is 2.78 bits per heavy atom. The lowest BCUT2D eigenvalue weighted by atomic mass is 10.1. The van der Waals surface area contributed by atoms with Crippen molar-refractivity contribution in [3.8, 4) is 17.1 Å². The number of ether oxygens (including phenoxy) is 1. The van der Waals surface area contributed by atoms with Gasteiger partial charge in [0.2, 0.25) is 0 Å². The van der Waals surface area contributed by atoms with E-state index in [1.165, 1.54) is 24.3 Å². The summed E-state index contributed by atoms with van der Waals surface area (Å²) in [5.74, 6) is -0.221.